The summed E-state index contributed by atoms with van der Waals surface area (Å²) in [5.74, 6) is 3.70. The molecule has 3 aromatic rings. The molecule has 2 aliphatic rings. The summed E-state index contributed by atoms with van der Waals surface area (Å²) in [5, 5.41) is 6.17. The number of carbonyl (C=O) groups is 1. The molecule has 1 fully saturated rings. The van der Waals surface area contributed by atoms with Gasteiger partial charge < -0.3 is 19.7 Å². The molecular formula is C23H22ClN7O4. The second kappa shape index (κ2) is 10.1. The first-order valence-corrected chi connectivity index (χ1v) is 11.5. The summed E-state index contributed by atoms with van der Waals surface area (Å²) in [7, 11) is 0. The highest BCUT2D eigenvalue weighted by Gasteiger charge is 2.33. The van der Waals surface area contributed by atoms with Gasteiger partial charge in [0, 0.05) is 38.1 Å². The fraction of sp³-hybridized carbons (Fsp3) is 0.304. The zero-order valence-electron chi connectivity index (χ0n) is 18.6. The number of amides is 1. The van der Waals surface area contributed by atoms with Crippen LogP contribution in [0.2, 0.25) is 5.15 Å². The van der Waals surface area contributed by atoms with E-state index in [-0.39, 0.29) is 16.8 Å². The Bertz CT molecular complexity index is 1280. The van der Waals surface area contributed by atoms with Crippen molar-refractivity contribution in [3.63, 3.8) is 0 Å². The van der Waals surface area contributed by atoms with Gasteiger partial charge in [0.25, 0.3) is 0 Å². The molecule has 1 unspecified atom stereocenters. The molecule has 1 amide bonds. The maximum atomic E-state index is 13.0. The Morgan fingerprint density at radius 1 is 1.23 bits per heavy atom. The first-order valence-electron chi connectivity index (χ1n) is 11.1. The van der Waals surface area contributed by atoms with Crippen LogP contribution in [0.25, 0.3) is 5.95 Å². The van der Waals surface area contributed by atoms with Crippen LogP contribution in [0.5, 0.6) is 11.5 Å². The molecule has 35 heavy (non-hydrogen) atoms. The van der Waals surface area contributed by atoms with Crippen molar-refractivity contribution < 1.29 is 19.1 Å². The number of benzene rings is 1. The number of carbonyl (C=O) groups excluding carboxylic acids is 2. The molecule has 0 saturated carbocycles. The SMILES string of the molecule is O=C=C1C(C(=O)NCCc2ccc3c(c2)OCCO3)NCCN1c1cc(Cl)nc(-n2ccnc2)n1. The quantitative estimate of drug-likeness (QED) is 0.380. The van der Waals surface area contributed by atoms with Crippen molar-refractivity contribution in [2.45, 2.75) is 12.5 Å². The van der Waals surface area contributed by atoms with Gasteiger partial charge in [-0.2, -0.15) is 4.98 Å². The van der Waals surface area contributed by atoms with Crippen LogP contribution in [-0.4, -0.2) is 70.3 Å². The van der Waals surface area contributed by atoms with Crippen molar-refractivity contribution in [1.82, 2.24) is 30.2 Å². The number of anilines is 1. The number of fused-ring (bicyclic) bond motifs is 1. The Kier molecular flexibility index (Phi) is 6.62. The molecule has 11 nitrogen and oxygen atoms in total. The van der Waals surface area contributed by atoms with Crippen molar-refractivity contribution in [2.24, 2.45) is 0 Å². The Morgan fingerprint density at radius 3 is 2.89 bits per heavy atom. The summed E-state index contributed by atoms with van der Waals surface area (Å²) in [6, 6.07) is 6.38. The van der Waals surface area contributed by atoms with Gasteiger partial charge in [-0.15, -0.1) is 0 Å². The summed E-state index contributed by atoms with van der Waals surface area (Å²) in [5.41, 5.74) is 1.13. The fourth-order valence-corrected chi connectivity index (χ4v) is 4.14. The average molecular weight is 496 g/mol. The third-order valence-corrected chi connectivity index (χ3v) is 5.81. The first kappa shape index (κ1) is 22.9. The number of aromatic nitrogens is 4. The normalized spacial score (nSPS) is 17.1. The van der Waals surface area contributed by atoms with Gasteiger partial charge in [-0.1, -0.05) is 17.7 Å². The molecule has 4 heterocycles. The number of hydrogen-bond donors (Lipinski definition) is 2. The van der Waals surface area contributed by atoms with Gasteiger partial charge in [0.2, 0.25) is 11.9 Å². The van der Waals surface area contributed by atoms with Crippen LogP contribution >= 0.6 is 11.6 Å². The number of ether oxygens (including phenoxy) is 2. The Morgan fingerprint density at radius 2 is 2.09 bits per heavy atom. The molecule has 0 aliphatic carbocycles. The van der Waals surface area contributed by atoms with Crippen LogP contribution in [0.15, 0.2) is 48.7 Å². The lowest BCUT2D eigenvalue weighted by molar-refractivity contribution is -0.122. The zero-order valence-corrected chi connectivity index (χ0v) is 19.4. The van der Waals surface area contributed by atoms with E-state index in [1.807, 2.05) is 24.1 Å². The van der Waals surface area contributed by atoms with Crippen molar-refractivity contribution in [1.29, 1.82) is 0 Å². The lowest BCUT2D eigenvalue weighted by Gasteiger charge is -2.34. The Hall–Kier alpha value is -3.92. The van der Waals surface area contributed by atoms with Crippen LogP contribution in [-0.2, 0) is 16.0 Å². The van der Waals surface area contributed by atoms with Crippen molar-refractivity contribution >= 4 is 29.3 Å². The van der Waals surface area contributed by atoms with Gasteiger partial charge in [-0.25, -0.2) is 14.8 Å². The van der Waals surface area contributed by atoms with Crippen molar-refractivity contribution in [2.75, 3.05) is 37.7 Å². The molecule has 0 bridgehead atoms. The number of nitrogens with zero attached hydrogens (tertiary/aromatic N) is 5. The first-order chi connectivity index (χ1) is 17.1. The molecule has 0 spiro atoms. The largest absolute Gasteiger partial charge is 0.486 e. The second-order valence-electron chi connectivity index (χ2n) is 7.86. The number of halogens is 1. The van der Waals surface area contributed by atoms with Gasteiger partial charge in [0.1, 0.15) is 48.2 Å². The van der Waals surface area contributed by atoms with Crippen LogP contribution in [0.1, 0.15) is 5.56 Å². The van der Waals surface area contributed by atoms with E-state index in [0.29, 0.717) is 56.8 Å². The summed E-state index contributed by atoms with van der Waals surface area (Å²) < 4.78 is 12.7. The molecule has 180 valence electrons. The predicted molar refractivity (Wildman–Crippen MR) is 127 cm³/mol. The number of rotatable bonds is 6. The summed E-state index contributed by atoms with van der Waals surface area (Å²) >= 11 is 6.22. The topological polar surface area (TPSA) is 124 Å². The minimum atomic E-state index is -0.882. The zero-order chi connectivity index (χ0) is 24.2. The van der Waals surface area contributed by atoms with E-state index in [1.54, 1.807) is 34.3 Å². The molecule has 5 rings (SSSR count). The highest BCUT2D eigenvalue weighted by atomic mass is 35.5. The van der Waals surface area contributed by atoms with E-state index >= 15 is 0 Å². The van der Waals surface area contributed by atoms with E-state index in [4.69, 9.17) is 21.1 Å². The number of hydrogen-bond acceptors (Lipinski definition) is 9. The van der Waals surface area contributed by atoms with Gasteiger partial charge in [0.05, 0.1) is 0 Å². The van der Waals surface area contributed by atoms with Crippen molar-refractivity contribution in [3.8, 4) is 17.4 Å². The maximum absolute atomic E-state index is 13.0. The van der Waals surface area contributed by atoms with Crippen LogP contribution < -0.4 is 25.0 Å². The molecule has 1 saturated heterocycles. The number of nitrogens with one attached hydrogen (secondary N) is 2. The monoisotopic (exact) mass is 495 g/mol. The minimum absolute atomic E-state index is 0.124. The lowest BCUT2D eigenvalue weighted by atomic mass is 10.1. The van der Waals surface area contributed by atoms with Crippen LogP contribution in [0.3, 0.4) is 0 Å². The third-order valence-electron chi connectivity index (χ3n) is 5.62. The van der Waals surface area contributed by atoms with Gasteiger partial charge in [-0.3, -0.25) is 14.7 Å². The van der Waals surface area contributed by atoms with Gasteiger partial charge in [-0.05, 0) is 24.1 Å². The van der Waals surface area contributed by atoms with E-state index in [2.05, 4.69) is 25.6 Å². The number of imidazole rings is 1. The minimum Gasteiger partial charge on any atom is -0.486 e. The summed E-state index contributed by atoms with van der Waals surface area (Å²) in [6.45, 7) is 2.29. The van der Waals surface area contributed by atoms with E-state index in [1.165, 1.54) is 0 Å². The van der Waals surface area contributed by atoms with Crippen LogP contribution in [0, 0.1) is 0 Å². The van der Waals surface area contributed by atoms with Gasteiger partial charge in [0.15, 0.2) is 11.5 Å². The molecular weight excluding hydrogens is 474 g/mol. The smallest absolute Gasteiger partial charge is 0.244 e. The fourth-order valence-electron chi connectivity index (χ4n) is 3.96. The predicted octanol–water partition coefficient (Wildman–Crippen LogP) is 0.939. The van der Waals surface area contributed by atoms with Gasteiger partial charge >= 0.3 is 0 Å². The average Bonchev–Trinajstić information content (AvgIpc) is 3.43. The Labute approximate surface area is 205 Å². The van der Waals surface area contributed by atoms with Crippen molar-refractivity contribution in [3.05, 3.63) is 59.4 Å². The molecule has 1 atom stereocenters. The van der Waals surface area contributed by atoms with E-state index < -0.39 is 6.04 Å². The molecule has 1 aromatic carbocycles. The Balaban J connectivity index is 1.27. The third kappa shape index (κ3) is 4.97. The summed E-state index contributed by atoms with van der Waals surface area (Å²) in [6.07, 6.45) is 5.41. The number of piperazine rings is 1. The van der Waals surface area contributed by atoms with Crippen LogP contribution in [0.4, 0.5) is 5.82 Å². The second-order valence-corrected chi connectivity index (χ2v) is 8.25. The molecule has 0 radical (unpaired) electrons. The molecule has 2 aliphatic heterocycles. The highest BCUT2D eigenvalue weighted by Crippen LogP contribution is 2.30. The highest BCUT2D eigenvalue weighted by molar-refractivity contribution is 6.29. The van der Waals surface area contributed by atoms with E-state index in [9.17, 15) is 9.59 Å². The van der Waals surface area contributed by atoms with E-state index in [0.717, 1.165) is 11.3 Å². The summed E-state index contributed by atoms with van der Waals surface area (Å²) in [4.78, 5) is 39.2. The molecule has 2 N–H and O–H groups in total. The molecule has 12 heteroatoms. The molecule has 2 aromatic heterocycles. The lowest BCUT2D eigenvalue weighted by Crippen LogP contribution is -2.56. The standard InChI is InChI=1S/C23H22ClN7O4/c24-19-12-20(29-23(28-19)30-7-5-25-14-30)31-8-6-26-21(16(31)13-32)22(33)27-4-3-15-1-2-17-18(11-15)35-10-9-34-17/h1-2,5,7,11-12,14,21,26H,3-4,6,8-10H2,(H,27,33). The maximum Gasteiger partial charge on any atom is 0.244 e.